The molecule has 0 aromatic heterocycles. The van der Waals surface area contributed by atoms with Crippen LogP contribution >= 0.6 is 0 Å². The third kappa shape index (κ3) is 4.80. The number of rotatable bonds is 7. The van der Waals surface area contributed by atoms with E-state index in [4.69, 9.17) is 4.74 Å². The monoisotopic (exact) mass is 284 g/mol. The van der Waals surface area contributed by atoms with Gasteiger partial charge in [-0.2, -0.15) is 0 Å². The van der Waals surface area contributed by atoms with E-state index in [2.05, 4.69) is 60.7 Å². The number of nitrogens with one attached hydrogen (secondary N) is 1. The highest BCUT2D eigenvalue weighted by Crippen LogP contribution is 2.25. The summed E-state index contributed by atoms with van der Waals surface area (Å²) in [4.78, 5) is 2.16. The van der Waals surface area contributed by atoms with Crippen LogP contribution in [0.1, 0.15) is 11.1 Å². The van der Waals surface area contributed by atoms with Crippen LogP contribution in [-0.2, 0) is 13.0 Å². The number of hydrogen-bond donors (Lipinski definition) is 1. The van der Waals surface area contributed by atoms with E-state index >= 15 is 0 Å². The van der Waals surface area contributed by atoms with Gasteiger partial charge in [0.1, 0.15) is 5.75 Å². The van der Waals surface area contributed by atoms with Crippen LogP contribution in [0.4, 0.5) is 5.69 Å². The zero-order valence-corrected chi connectivity index (χ0v) is 13.1. The second-order valence-corrected chi connectivity index (χ2v) is 5.43. The summed E-state index contributed by atoms with van der Waals surface area (Å²) in [6.07, 6.45) is 1.00. The fourth-order valence-corrected chi connectivity index (χ4v) is 2.34. The average Bonchev–Trinajstić information content (AvgIpc) is 2.48. The van der Waals surface area contributed by atoms with E-state index in [0.717, 1.165) is 30.9 Å². The van der Waals surface area contributed by atoms with Gasteiger partial charge >= 0.3 is 0 Å². The quantitative estimate of drug-likeness (QED) is 0.843. The van der Waals surface area contributed by atoms with E-state index in [1.807, 2.05) is 12.1 Å². The SMILES string of the molecule is COc1ccc(CN(C)C)cc1NCCc1ccccc1. The Morgan fingerprint density at radius 3 is 2.43 bits per heavy atom. The molecule has 112 valence electrons. The Balaban J connectivity index is 2.00. The highest BCUT2D eigenvalue weighted by Gasteiger charge is 2.05. The average molecular weight is 284 g/mol. The molecule has 2 aromatic rings. The molecule has 0 amide bonds. The molecule has 0 aliphatic rings. The maximum Gasteiger partial charge on any atom is 0.141 e. The van der Waals surface area contributed by atoms with Gasteiger partial charge in [-0.25, -0.2) is 0 Å². The lowest BCUT2D eigenvalue weighted by Crippen LogP contribution is -2.11. The van der Waals surface area contributed by atoms with E-state index in [-0.39, 0.29) is 0 Å². The Kier molecular flexibility index (Phi) is 5.64. The summed E-state index contributed by atoms with van der Waals surface area (Å²) in [7, 11) is 5.86. The number of hydrogen-bond acceptors (Lipinski definition) is 3. The second-order valence-electron chi connectivity index (χ2n) is 5.43. The van der Waals surface area contributed by atoms with Crippen LogP contribution in [0.15, 0.2) is 48.5 Å². The summed E-state index contributed by atoms with van der Waals surface area (Å²) in [6, 6.07) is 16.8. The summed E-state index contributed by atoms with van der Waals surface area (Å²) < 4.78 is 5.43. The van der Waals surface area contributed by atoms with Gasteiger partial charge in [-0.15, -0.1) is 0 Å². The van der Waals surface area contributed by atoms with Crippen LogP contribution < -0.4 is 10.1 Å². The van der Waals surface area contributed by atoms with E-state index in [1.54, 1.807) is 7.11 Å². The first-order valence-corrected chi connectivity index (χ1v) is 7.28. The van der Waals surface area contributed by atoms with Crippen LogP contribution in [0, 0.1) is 0 Å². The molecule has 1 N–H and O–H groups in total. The molecule has 0 aliphatic carbocycles. The van der Waals surface area contributed by atoms with Gasteiger partial charge in [-0.3, -0.25) is 0 Å². The smallest absolute Gasteiger partial charge is 0.141 e. The molecule has 2 rings (SSSR count). The van der Waals surface area contributed by atoms with Crippen molar-refractivity contribution in [2.24, 2.45) is 0 Å². The van der Waals surface area contributed by atoms with Gasteiger partial charge < -0.3 is 15.0 Å². The van der Waals surface area contributed by atoms with Crippen molar-refractivity contribution >= 4 is 5.69 Å². The maximum absolute atomic E-state index is 5.43. The molecule has 0 saturated carbocycles. The van der Waals surface area contributed by atoms with Gasteiger partial charge in [0.05, 0.1) is 12.8 Å². The van der Waals surface area contributed by atoms with E-state index in [9.17, 15) is 0 Å². The maximum atomic E-state index is 5.43. The van der Waals surface area contributed by atoms with Crippen LogP contribution in [0.2, 0.25) is 0 Å². The molecular weight excluding hydrogens is 260 g/mol. The Morgan fingerprint density at radius 1 is 1.00 bits per heavy atom. The molecule has 0 bridgehead atoms. The molecule has 0 fully saturated rings. The number of benzene rings is 2. The normalized spacial score (nSPS) is 10.7. The standard InChI is InChI=1S/C18H24N2O/c1-20(2)14-16-9-10-18(21-3)17(13-16)19-12-11-15-7-5-4-6-8-15/h4-10,13,19H,11-12,14H2,1-3H3. The minimum atomic E-state index is 0.894. The largest absolute Gasteiger partial charge is 0.495 e. The highest BCUT2D eigenvalue weighted by atomic mass is 16.5. The third-order valence-corrected chi connectivity index (χ3v) is 3.33. The predicted octanol–water partition coefficient (Wildman–Crippen LogP) is 3.41. The lowest BCUT2D eigenvalue weighted by Gasteiger charge is -2.15. The van der Waals surface area contributed by atoms with Crippen molar-refractivity contribution in [1.29, 1.82) is 0 Å². The van der Waals surface area contributed by atoms with Crippen LogP contribution in [0.3, 0.4) is 0 Å². The Hall–Kier alpha value is -2.00. The molecule has 0 aliphatic heterocycles. The summed E-state index contributed by atoms with van der Waals surface area (Å²) in [5, 5.41) is 3.48. The lowest BCUT2D eigenvalue weighted by atomic mass is 10.1. The van der Waals surface area contributed by atoms with Crippen molar-refractivity contribution in [1.82, 2.24) is 4.90 Å². The number of anilines is 1. The summed E-state index contributed by atoms with van der Waals surface area (Å²) >= 11 is 0. The fraction of sp³-hybridized carbons (Fsp3) is 0.333. The molecule has 21 heavy (non-hydrogen) atoms. The van der Waals surface area contributed by atoms with Gasteiger partial charge in [0.15, 0.2) is 0 Å². The van der Waals surface area contributed by atoms with E-state index < -0.39 is 0 Å². The van der Waals surface area contributed by atoms with Crippen LogP contribution in [0.5, 0.6) is 5.75 Å². The second kappa shape index (κ2) is 7.70. The van der Waals surface area contributed by atoms with E-state index in [0.29, 0.717) is 0 Å². The van der Waals surface area contributed by atoms with Crippen LogP contribution in [0.25, 0.3) is 0 Å². The molecule has 0 radical (unpaired) electrons. The summed E-state index contributed by atoms with van der Waals surface area (Å²) in [5.74, 6) is 0.894. The molecule has 0 atom stereocenters. The van der Waals surface area contributed by atoms with Crippen molar-refractivity contribution in [3.63, 3.8) is 0 Å². The van der Waals surface area contributed by atoms with Crippen molar-refractivity contribution < 1.29 is 4.74 Å². The molecule has 0 heterocycles. The molecular formula is C18H24N2O. The van der Waals surface area contributed by atoms with Crippen molar-refractivity contribution in [2.45, 2.75) is 13.0 Å². The minimum absolute atomic E-state index is 0.894. The predicted molar refractivity (Wildman–Crippen MR) is 89.0 cm³/mol. The molecule has 3 heteroatoms. The zero-order valence-electron chi connectivity index (χ0n) is 13.1. The van der Waals surface area contributed by atoms with Gasteiger partial charge in [-0.1, -0.05) is 36.4 Å². The number of ether oxygens (including phenoxy) is 1. The van der Waals surface area contributed by atoms with Crippen LogP contribution in [-0.4, -0.2) is 32.6 Å². The number of methoxy groups -OCH3 is 1. The van der Waals surface area contributed by atoms with Gasteiger partial charge in [0.2, 0.25) is 0 Å². The molecule has 0 spiro atoms. The first kappa shape index (κ1) is 15.4. The van der Waals surface area contributed by atoms with Gasteiger partial charge in [0.25, 0.3) is 0 Å². The summed E-state index contributed by atoms with van der Waals surface area (Å²) in [6.45, 7) is 1.82. The molecule has 0 unspecified atom stereocenters. The van der Waals surface area contributed by atoms with Crippen molar-refractivity contribution in [3.8, 4) is 5.75 Å². The van der Waals surface area contributed by atoms with Crippen molar-refractivity contribution in [2.75, 3.05) is 33.1 Å². The first-order valence-electron chi connectivity index (χ1n) is 7.28. The molecule has 2 aromatic carbocycles. The highest BCUT2D eigenvalue weighted by molar-refractivity contribution is 5.58. The summed E-state index contributed by atoms with van der Waals surface area (Å²) in [5.41, 5.74) is 3.68. The molecule has 0 saturated heterocycles. The zero-order chi connectivity index (χ0) is 15.1. The Bertz CT molecular complexity index is 552. The number of nitrogens with zero attached hydrogens (tertiary/aromatic N) is 1. The van der Waals surface area contributed by atoms with E-state index in [1.165, 1.54) is 11.1 Å². The fourth-order valence-electron chi connectivity index (χ4n) is 2.34. The third-order valence-electron chi connectivity index (χ3n) is 3.33. The first-order chi connectivity index (χ1) is 10.2. The van der Waals surface area contributed by atoms with Gasteiger partial charge in [0, 0.05) is 13.1 Å². The molecule has 3 nitrogen and oxygen atoms in total. The Morgan fingerprint density at radius 2 is 1.76 bits per heavy atom. The minimum Gasteiger partial charge on any atom is -0.495 e. The van der Waals surface area contributed by atoms with Crippen molar-refractivity contribution in [3.05, 3.63) is 59.7 Å². The Labute approximate surface area is 127 Å². The lowest BCUT2D eigenvalue weighted by molar-refractivity contribution is 0.400. The van der Waals surface area contributed by atoms with Gasteiger partial charge in [-0.05, 0) is 43.8 Å². The topological polar surface area (TPSA) is 24.5 Å².